The first-order valence-electron chi connectivity index (χ1n) is 5.84. The van der Waals surface area contributed by atoms with Crippen LogP contribution in [0.2, 0.25) is 0 Å². The molecular weight excluding hydrogens is 202 g/mol. The summed E-state index contributed by atoms with van der Waals surface area (Å²) in [6.45, 7) is 2.83. The van der Waals surface area contributed by atoms with E-state index < -0.39 is 0 Å². The van der Waals surface area contributed by atoms with Gasteiger partial charge < -0.3 is 15.2 Å². The lowest BCUT2D eigenvalue weighted by Crippen LogP contribution is -2.30. The molecule has 3 nitrogen and oxygen atoms in total. The first-order chi connectivity index (χ1) is 7.85. The zero-order chi connectivity index (χ0) is 11.3. The number of hydrogen-bond acceptors (Lipinski definition) is 3. The van der Waals surface area contributed by atoms with Crippen molar-refractivity contribution in [2.45, 2.75) is 12.8 Å². The Morgan fingerprint density at radius 3 is 2.75 bits per heavy atom. The van der Waals surface area contributed by atoms with Crippen LogP contribution in [0.1, 0.15) is 12.8 Å². The largest absolute Gasteiger partial charge is 0.494 e. The molecule has 3 heteroatoms. The average molecular weight is 221 g/mol. The van der Waals surface area contributed by atoms with Gasteiger partial charge in [0, 0.05) is 12.0 Å². The van der Waals surface area contributed by atoms with E-state index in [9.17, 15) is 5.11 Å². The van der Waals surface area contributed by atoms with Gasteiger partial charge in [-0.25, -0.2) is 0 Å². The van der Waals surface area contributed by atoms with Gasteiger partial charge >= 0.3 is 0 Å². The van der Waals surface area contributed by atoms with Gasteiger partial charge in [-0.3, -0.25) is 0 Å². The molecule has 88 valence electrons. The van der Waals surface area contributed by atoms with Crippen LogP contribution in [0.5, 0.6) is 5.75 Å². The van der Waals surface area contributed by atoms with Gasteiger partial charge in [0.25, 0.3) is 0 Å². The fourth-order valence-corrected chi connectivity index (χ4v) is 2.13. The minimum atomic E-state index is 0.0365. The maximum atomic E-state index is 9.42. The van der Waals surface area contributed by atoms with Crippen molar-refractivity contribution in [2.75, 3.05) is 26.3 Å². The molecule has 16 heavy (non-hydrogen) atoms. The molecule has 2 rings (SSSR count). The Bertz CT molecular complexity index is 307. The van der Waals surface area contributed by atoms with Gasteiger partial charge in [0.05, 0.1) is 13.2 Å². The summed E-state index contributed by atoms with van der Waals surface area (Å²) in [7, 11) is 0. The Kier molecular flexibility index (Phi) is 3.80. The number of rotatable bonds is 5. The molecule has 1 heterocycles. The second-order valence-electron chi connectivity index (χ2n) is 4.50. The third kappa shape index (κ3) is 2.74. The van der Waals surface area contributed by atoms with Gasteiger partial charge in [-0.2, -0.15) is 0 Å². The first-order valence-corrected chi connectivity index (χ1v) is 5.84. The van der Waals surface area contributed by atoms with Crippen molar-refractivity contribution < 1.29 is 9.84 Å². The van der Waals surface area contributed by atoms with E-state index in [1.807, 2.05) is 30.3 Å². The number of hydrogen-bond donors (Lipinski definition) is 2. The van der Waals surface area contributed by atoms with Crippen LogP contribution in [0, 0.1) is 5.41 Å². The Balaban J connectivity index is 1.79. The van der Waals surface area contributed by atoms with Crippen molar-refractivity contribution in [3.05, 3.63) is 30.3 Å². The standard InChI is InChI=1S/C13H19NO2/c15-11-13(6-8-14-10-13)7-9-16-12-4-2-1-3-5-12/h1-5,14-15H,6-11H2. The lowest BCUT2D eigenvalue weighted by Gasteiger charge is -2.25. The minimum absolute atomic E-state index is 0.0365. The van der Waals surface area contributed by atoms with E-state index in [4.69, 9.17) is 4.74 Å². The molecule has 0 aromatic heterocycles. The van der Waals surface area contributed by atoms with Crippen molar-refractivity contribution in [2.24, 2.45) is 5.41 Å². The van der Waals surface area contributed by atoms with Crippen LogP contribution in [0.4, 0.5) is 0 Å². The van der Waals surface area contributed by atoms with Crippen molar-refractivity contribution in [1.29, 1.82) is 0 Å². The van der Waals surface area contributed by atoms with Crippen LogP contribution >= 0.6 is 0 Å². The predicted molar refractivity (Wildman–Crippen MR) is 63.6 cm³/mol. The van der Waals surface area contributed by atoms with E-state index in [1.54, 1.807) is 0 Å². The molecule has 1 atom stereocenters. The third-order valence-corrected chi connectivity index (χ3v) is 3.31. The highest BCUT2D eigenvalue weighted by Crippen LogP contribution is 2.28. The molecule has 1 aliphatic heterocycles. The number of benzene rings is 1. The fraction of sp³-hybridized carbons (Fsp3) is 0.538. The van der Waals surface area contributed by atoms with Crippen LogP contribution in [0.3, 0.4) is 0 Å². The molecule has 1 saturated heterocycles. The van der Waals surface area contributed by atoms with Gasteiger partial charge in [-0.15, -0.1) is 0 Å². The predicted octanol–water partition coefficient (Wildman–Crippen LogP) is 1.43. The first kappa shape index (κ1) is 11.4. The maximum Gasteiger partial charge on any atom is 0.119 e. The normalized spacial score (nSPS) is 24.6. The molecule has 2 N–H and O–H groups in total. The lowest BCUT2D eigenvalue weighted by atomic mass is 9.85. The van der Waals surface area contributed by atoms with Crippen LogP contribution in [-0.2, 0) is 0 Å². The SMILES string of the molecule is OCC1(CCOc2ccccc2)CCNC1. The summed E-state index contributed by atoms with van der Waals surface area (Å²) >= 11 is 0. The monoisotopic (exact) mass is 221 g/mol. The summed E-state index contributed by atoms with van der Waals surface area (Å²) in [6, 6.07) is 9.82. The topological polar surface area (TPSA) is 41.5 Å². The second-order valence-corrected chi connectivity index (χ2v) is 4.50. The summed E-state index contributed by atoms with van der Waals surface area (Å²) in [4.78, 5) is 0. The molecule has 1 aromatic carbocycles. The average Bonchev–Trinajstić information content (AvgIpc) is 2.80. The van der Waals surface area contributed by atoms with Crippen molar-refractivity contribution >= 4 is 0 Å². The number of nitrogens with one attached hydrogen (secondary N) is 1. The van der Waals surface area contributed by atoms with Crippen molar-refractivity contribution in [3.8, 4) is 5.75 Å². The molecule has 0 radical (unpaired) electrons. The molecule has 1 aromatic rings. The summed E-state index contributed by atoms with van der Waals surface area (Å²) in [5.41, 5.74) is 0.0365. The lowest BCUT2D eigenvalue weighted by molar-refractivity contribution is 0.112. The van der Waals surface area contributed by atoms with E-state index in [-0.39, 0.29) is 12.0 Å². The highest BCUT2D eigenvalue weighted by atomic mass is 16.5. The second kappa shape index (κ2) is 5.32. The molecule has 1 fully saturated rings. The van der Waals surface area contributed by atoms with Gasteiger partial charge in [0.1, 0.15) is 5.75 Å². The van der Waals surface area contributed by atoms with E-state index in [0.29, 0.717) is 6.61 Å². The van der Waals surface area contributed by atoms with Crippen LogP contribution in [0.25, 0.3) is 0 Å². The van der Waals surface area contributed by atoms with E-state index in [0.717, 1.165) is 31.7 Å². The van der Waals surface area contributed by atoms with Gasteiger partial charge in [0.2, 0.25) is 0 Å². The van der Waals surface area contributed by atoms with Gasteiger partial charge in [-0.1, -0.05) is 18.2 Å². The van der Waals surface area contributed by atoms with Crippen LogP contribution < -0.4 is 10.1 Å². The molecule has 0 saturated carbocycles. The number of aliphatic hydroxyl groups excluding tert-OH is 1. The molecule has 0 aliphatic carbocycles. The Morgan fingerprint density at radius 2 is 2.12 bits per heavy atom. The summed E-state index contributed by atoms with van der Waals surface area (Å²) in [5.74, 6) is 0.904. The molecule has 1 unspecified atom stereocenters. The molecule has 0 spiro atoms. The van der Waals surface area contributed by atoms with Gasteiger partial charge in [0.15, 0.2) is 0 Å². The Hall–Kier alpha value is -1.06. The Morgan fingerprint density at radius 1 is 1.31 bits per heavy atom. The third-order valence-electron chi connectivity index (χ3n) is 3.31. The minimum Gasteiger partial charge on any atom is -0.494 e. The van der Waals surface area contributed by atoms with E-state index in [2.05, 4.69) is 5.32 Å². The van der Waals surface area contributed by atoms with Crippen molar-refractivity contribution in [3.63, 3.8) is 0 Å². The number of aliphatic hydroxyl groups is 1. The summed E-state index contributed by atoms with van der Waals surface area (Å²) in [6.07, 6.45) is 1.95. The highest BCUT2D eigenvalue weighted by Gasteiger charge is 2.32. The smallest absolute Gasteiger partial charge is 0.119 e. The summed E-state index contributed by atoms with van der Waals surface area (Å²) < 4.78 is 5.66. The number of para-hydroxylation sites is 1. The van der Waals surface area contributed by atoms with Crippen LogP contribution in [-0.4, -0.2) is 31.4 Å². The molecule has 1 aliphatic rings. The van der Waals surface area contributed by atoms with Crippen molar-refractivity contribution in [1.82, 2.24) is 5.32 Å². The van der Waals surface area contributed by atoms with E-state index in [1.165, 1.54) is 0 Å². The molecule has 0 bridgehead atoms. The molecule has 0 amide bonds. The fourth-order valence-electron chi connectivity index (χ4n) is 2.13. The van der Waals surface area contributed by atoms with Gasteiger partial charge in [-0.05, 0) is 31.5 Å². The zero-order valence-corrected chi connectivity index (χ0v) is 9.48. The molecular formula is C13H19NO2. The Labute approximate surface area is 96.4 Å². The number of ether oxygens (including phenoxy) is 1. The van der Waals surface area contributed by atoms with Crippen LogP contribution in [0.15, 0.2) is 30.3 Å². The quantitative estimate of drug-likeness (QED) is 0.790. The highest BCUT2D eigenvalue weighted by molar-refractivity contribution is 5.20. The van der Waals surface area contributed by atoms with E-state index >= 15 is 0 Å². The maximum absolute atomic E-state index is 9.42. The zero-order valence-electron chi connectivity index (χ0n) is 9.48. The summed E-state index contributed by atoms with van der Waals surface area (Å²) in [5, 5.41) is 12.7.